The van der Waals surface area contributed by atoms with E-state index in [1.54, 1.807) is 7.11 Å². The first-order chi connectivity index (χ1) is 16.1. The quantitative estimate of drug-likeness (QED) is 0.369. The molecule has 1 unspecified atom stereocenters. The molecule has 0 fully saturated rings. The van der Waals surface area contributed by atoms with Crippen LogP contribution in [0.25, 0.3) is 11.4 Å². The Morgan fingerprint density at radius 1 is 0.970 bits per heavy atom. The summed E-state index contributed by atoms with van der Waals surface area (Å²) in [5.74, 6) is 1.74. The number of aromatic nitrogens is 3. The van der Waals surface area contributed by atoms with E-state index in [-0.39, 0.29) is 17.7 Å². The minimum Gasteiger partial charge on any atom is -0.497 e. The predicted octanol–water partition coefficient (Wildman–Crippen LogP) is 4.68. The summed E-state index contributed by atoms with van der Waals surface area (Å²) in [7, 11) is 3.54. The number of hydrogen-bond acceptors (Lipinski definition) is 5. The van der Waals surface area contributed by atoms with E-state index in [2.05, 4.69) is 27.6 Å². The Kier molecular flexibility index (Phi) is 7.42. The van der Waals surface area contributed by atoms with E-state index in [1.807, 2.05) is 84.4 Å². The van der Waals surface area contributed by atoms with Crippen LogP contribution in [0.2, 0.25) is 0 Å². The van der Waals surface area contributed by atoms with Gasteiger partial charge in [-0.05, 0) is 41.8 Å². The summed E-state index contributed by atoms with van der Waals surface area (Å²) < 4.78 is 7.12. The van der Waals surface area contributed by atoms with Gasteiger partial charge in [0.1, 0.15) is 5.75 Å². The molecule has 168 valence electrons. The average molecular weight is 459 g/mol. The second-order valence-electron chi connectivity index (χ2n) is 7.60. The molecular weight excluding hydrogens is 432 g/mol. The number of nitrogens with zero attached hydrogens (tertiary/aromatic N) is 3. The van der Waals surface area contributed by atoms with E-state index in [1.165, 1.54) is 17.3 Å². The molecule has 0 aliphatic carbocycles. The first-order valence-corrected chi connectivity index (χ1v) is 11.7. The predicted molar refractivity (Wildman–Crippen MR) is 131 cm³/mol. The van der Waals surface area contributed by atoms with Crippen LogP contribution in [0, 0.1) is 0 Å². The van der Waals surface area contributed by atoms with Crippen molar-refractivity contribution in [3.8, 4) is 17.1 Å². The summed E-state index contributed by atoms with van der Waals surface area (Å²) in [6.45, 7) is 0. The van der Waals surface area contributed by atoms with E-state index in [0.717, 1.165) is 29.1 Å². The summed E-state index contributed by atoms with van der Waals surface area (Å²) in [5, 5.41) is 12.5. The summed E-state index contributed by atoms with van der Waals surface area (Å²) in [5.41, 5.74) is 3.20. The lowest BCUT2D eigenvalue weighted by Gasteiger charge is -2.19. The third kappa shape index (κ3) is 5.81. The van der Waals surface area contributed by atoms with Gasteiger partial charge < -0.3 is 14.6 Å². The fraction of sp³-hybridized carbons (Fsp3) is 0.192. The van der Waals surface area contributed by atoms with E-state index < -0.39 is 0 Å². The molecule has 1 atom stereocenters. The summed E-state index contributed by atoms with van der Waals surface area (Å²) >= 11 is 1.37. The largest absolute Gasteiger partial charge is 0.497 e. The maximum atomic E-state index is 12.8. The Labute approximate surface area is 198 Å². The summed E-state index contributed by atoms with van der Waals surface area (Å²) in [4.78, 5) is 12.8. The lowest BCUT2D eigenvalue weighted by Crippen LogP contribution is -2.31. The number of carbonyl (C=O) groups is 1. The minimum atomic E-state index is -0.101. The van der Waals surface area contributed by atoms with Crippen molar-refractivity contribution in [1.29, 1.82) is 0 Å². The van der Waals surface area contributed by atoms with Crippen LogP contribution in [0.4, 0.5) is 0 Å². The Balaban J connectivity index is 1.41. The van der Waals surface area contributed by atoms with Gasteiger partial charge in [-0.1, -0.05) is 72.4 Å². The third-order valence-electron chi connectivity index (χ3n) is 5.34. The molecule has 6 nitrogen and oxygen atoms in total. The van der Waals surface area contributed by atoms with Crippen LogP contribution in [-0.2, 0) is 18.3 Å². The fourth-order valence-electron chi connectivity index (χ4n) is 3.59. The van der Waals surface area contributed by atoms with Gasteiger partial charge in [-0.15, -0.1) is 10.2 Å². The van der Waals surface area contributed by atoms with Crippen molar-refractivity contribution in [1.82, 2.24) is 20.1 Å². The Hall–Kier alpha value is -3.58. The van der Waals surface area contributed by atoms with Gasteiger partial charge in [-0.2, -0.15) is 0 Å². The summed E-state index contributed by atoms with van der Waals surface area (Å²) in [6, 6.07) is 27.8. The van der Waals surface area contributed by atoms with Gasteiger partial charge in [-0.25, -0.2) is 0 Å². The molecule has 0 radical (unpaired) electrons. The van der Waals surface area contributed by atoms with Gasteiger partial charge in [0.15, 0.2) is 11.0 Å². The molecule has 0 saturated carbocycles. The highest BCUT2D eigenvalue weighted by Crippen LogP contribution is 2.25. The third-order valence-corrected chi connectivity index (χ3v) is 6.36. The van der Waals surface area contributed by atoms with Crippen LogP contribution in [0.3, 0.4) is 0 Å². The molecular formula is C26H26N4O2S. The maximum Gasteiger partial charge on any atom is 0.230 e. The maximum absolute atomic E-state index is 12.8. The minimum absolute atomic E-state index is 0.0428. The van der Waals surface area contributed by atoms with Crippen LogP contribution in [0.15, 0.2) is 90.1 Å². The van der Waals surface area contributed by atoms with Crippen LogP contribution < -0.4 is 10.1 Å². The van der Waals surface area contributed by atoms with Crippen molar-refractivity contribution in [2.24, 2.45) is 7.05 Å². The van der Waals surface area contributed by atoms with E-state index in [9.17, 15) is 4.79 Å². The standard InChI is InChI=1S/C26H26N4O2S/c1-30-25(21-13-15-22(32-2)16-14-21)28-29-26(30)33-18-24(31)27-23(20-11-7-4-8-12-20)17-19-9-5-3-6-10-19/h3-16,23H,17-18H2,1-2H3,(H,27,31). The first-order valence-electron chi connectivity index (χ1n) is 10.7. The van der Waals surface area contributed by atoms with Gasteiger partial charge in [-0.3, -0.25) is 4.79 Å². The van der Waals surface area contributed by atoms with Crippen LogP contribution in [0.1, 0.15) is 17.2 Å². The van der Waals surface area contributed by atoms with E-state index >= 15 is 0 Å². The number of amides is 1. The van der Waals surface area contributed by atoms with Gasteiger partial charge in [0, 0.05) is 12.6 Å². The molecule has 1 amide bonds. The molecule has 0 aliphatic heterocycles. The van der Waals surface area contributed by atoms with Crippen molar-refractivity contribution in [3.63, 3.8) is 0 Å². The van der Waals surface area contributed by atoms with Crippen molar-refractivity contribution in [2.45, 2.75) is 17.6 Å². The topological polar surface area (TPSA) is 69.0 Å². The zero-order valence-electron chi connectivity index (χ0n) is 18.6. The molecule has 1 N–H and O–H groups in total. The summed E-state index contributed by atoms with van der Waals surface area (Å²) in [6.07, 6.45) is 0.729. The number of methoxy groups -OCH3 is 1. The Morgan fingerprint density at radius 3 is 2.30 bits per heavy atom. The number of hydrogen-bond donors (Lipinski definition) is 1. The molecule has 0 spiro atoms. The van der Waals surface area contributed by atoms with Gasteiger partial charge >= 0.3 is 0 Å². The highest BCUT2D eigenvalue weighted by Gasteiger charge is 2.17. The molecule has 3 aromatic carbocycles. The monoisotopic (exact) mass is 458 g/mol. The molecule has 4 aromatic rings. The fourth-order valence-corrected chi connectivity index (χ4v) is 4.31. The molecule has 0 bridgehead atoms. The van der Waals surface area contributed by atoms with Gasteiger partial charge in [0.05, 0.1) is 18.9 Å². The van der Waals surface area contributed by atoms with Gasteiger partial charge in [0.25, 0.3) is 0 Å². The Morgan fingerprint density at radius 2 is 1.64 bits per heavy atom. The molecule has 7 heteroatoms. The molecule has 0 aliphatic rings. The van der Waals surface area contributed by atoms with Gasteiger partial charge in [0.2, 0.25) is 5.91 Å². The van der Waals surface area contributed by atoms with Crippen molar-refractivity contribution < 1.29 is 9.53 Å². The zero-order valence-corrected chi connectivity index (χ0v) is 19.5. The van der Waals surface area contributed by atoms with Crippen molar-refractivity contribution in [3.05, 3.63) is 96.1 Å². The number of ether oxygens (including phenoxy) is 1. The lowest BCUT2D eigenvalue weighted by molar-refractivity contribution is -0.119. The van der Waals surface area contributed by atoms with Crippen molar-refractivity contribution in [2.75, 3.05) is 12.9 Å². The molecule has 4 rings (SSSR count). The number of thioether (sulfide) groups is 1. The van der Waals surface area contributed by atoms with E-state index in [0.29, 0.717) is 5.16 Å². The molecule has 1 heterocycles. The van der Waals surface area contributed by atoms with Crippen molar-refractivity contribution >= 4 is 17.7 Å². The van der Waals surface area contributed by atoms with Crippen LogP contribution in [-0.4, -0.2) is 33.5 Å². The average Bonchev–Trinajstić information content (AvgIpc) is 3.23. The normalized spacial score (nSPS) is 11.7. The first kappa shape index (κ1) is 22.6. The molecule has 33 heavy (non-hydrogen) atoms. The highest BCUT2D eigenvalue weighted by atomic mass is 32.2. The number of carbonyl (C=O) groups excluding carboxylic acids is 1. The Bertz CT molecular complexity index is 1180. The highest BCUT2D eigenvalue weighted by molar-refractivity contribution is 7.99. The molecule has 1 aromatic heterocycles. The number of nitrogens with one attached hydrogen (secondary N) is 1. The van der Waals surface area contributed by atoms with Crippen LogP contribution in [0.5, 0.6) is 5.75 Å². The lowest BCUT2D eigenvalue weighted by atomic mass is 9.99. The SMILES string of the molecule is COc1ccc(-c2nnc(SCC(=O)NC(Cc3ccccc3)c3ccccc3)n2C)cc1. The second kappa shape index (κ2) is 10.8. The smallest absolute Gasteiger partial charge is 0.230 e. The number of rotatable bonds is 9. The number of benzene rings is 3. The van der Waals surface area contributed by atoms with Crippen LogP contribution >= 0.6 is 11.8 Å². The van der Waals surface area contributed by atoms with E-state index in [4.69, 9.17) is 4.74 Å². The second-order valence-corrected chi connectivity index (χ2v) is 8.55. The zero-order chi connectivity index (χ0) is 23.0. The molecule has 0 saturated heterocycles.